The average Bonchev–Trinajstić information content (AvgIpc) is 2.71. The lowest BCUT2D eigenvalue weighted by Crippen LogP contribution is -2.53. The number of nitrogens with one attached hydrogen (secondary N) is 1. The minimum absolute atomic E-state index is 0.0964. The Balaban J connectivity index is 2.43. The quantitative estimate of drug-likeness (QED) is 0.565. The van der Waals surface area contributed by atoms with Gasteiger partial charge in [0, 0.05) is 12.6 Å². The molecule has 9 heteroatoms. The highest BCUT2D eigenvalue weighted by Gasteiger charge is 2.32. The number of halogens is 1. The number of nitrogens with zero attached hydrogens (tertiary/aromatic N) is 2. The highest BCUT2D eigenvalue weighted by molar-refractivity contribution is 7.92. The summed E-state index contributed by atoms with van der Waals surface area (Å²) in [6.07, 6.45) is 1.40. The molecular formula is C23H30ClN3O4S. The molecule has 1 atom stereocenters. The van der Waals surface area contributed by atoms with Crippen LogP contribution >= 0.6 is 11.6 Å². The molecule has 32 heavy (non-hydrogen) atoms. The number of carbonyl (C=O) groups excluding carboxylic acids is 2. The minimum atomic E-state index is -3.81. The predicted octanol–water partition coefficient (Wildman–Crippen LogP) is 3.44. The van der Waals surface area contributed by atoms with Crippen LogP contribution in [0.5, 0.6) is 0 Å². The van der Waals surface area contributed by atoms with E-state index < -0.39 is 28.5 Å². The Bertz CT molecular complexity index is 1030. The fourth-order valence-electron chi connectivity index (χ4n) is 3.33. The Morgan fingerprint density at radius 3 is 2.16 bits per heavy atom. The van der Waals surface area contributed by atoms with Crippen molar-refractivity contribution >= 4 is 39.1 Å². The molecule has 0 aliphatic carbocycles. The third-order valence-electron chi connectivity index (χ3n) is 4.81. The minimum Gasteiger partial charge on any atom is -0.352 e. The fourth-order valence-corrected chi connectivity index (χ4v) is 4.48. The summed E-state index contributed by atoms with van der Waals surface area (Å²) in [6.45, 7) is 5.20. The van der Waals surface area contributed by atoms with Crippen molar-refractivity contribution in [3.8, 4) is 0 Å². The summed E-state index contributed by atoms with van der Waals surface area (Å²) < 4.78 is 26.0. The molecule has 174 valence electrons. The zero-order valence-corrected chi connectivity index (χ0v) is 20.4. The van der Waals surface area contributed by atoms with Crippen LogP contribution < -0.4 is 9.62 Å². The van der Waals surface area contributed by atoms with Gasteiger partial charge in [0.2, 0.25) is 21.8 Å². The van der Waals surface area contributed by atoms with Crippen LogP contribution in [0.2, 0.25) is 5.02 Å². The van der Waals surface area contributed by atoms with Gasteiger partial charge in [0.25, 0.3) is 0 Å². The Morgan fingerprint density at radius 2 is 1.62 bits per heavy atom. The van der Waals surface area contributed by atoms with Crippen LogP contribution in [0.25, 0.3) is 0 Å². The first-order chi connectivity index (χ1) is 15.0. The number of hydrogen-bond acceptors (Lipinski definition) is 4. The van der Waals surface area contributed by atoms with Gasteiger partial charge in [-0.05, 0) is 38.0 Å². The van der Waals surface area contributed by atoms with E-state index in [0.29, 0.717) is 6.42 Å². The van der Waals surface area contributed by atoms with Crippen molar-refractivity contribution in [3.63, 3.8) is 0 Å². The van der Waals surface area contributed by atoms with Crippen molar-refractivity contribution in [3.05, 3.63) is 65.2 Å². The normalized spacial score (nSPS) is 12.3. The number of benzene rings is 2. The number of amides is 2. The first-order valence-electron chi connectivity index (χ1n) is 10.4. The first-order valence-corrected chi connectivity index (χ1v) is 12.6. The molecule has 0 aliphatic heterocycles. The van der Waals surface area contributed by atoms with Crippen LogP contribution in [0.15, 0.2) is 54.6 Å². The smallest absolute Gasteiger partial charge is 0.244 e. The second-order valence-corrected chi connectivity index (χ2v) is 10.1. The summed E-state index contributed by atoms with van der Waals surface area (Å²) in [4.78, 5) is 27.8. The molecular weight excluding hydrogens is 450 g/mol. The van der Waals surface area contributed by atoms with Crippen LogP contribution in [0.3, 0.4) is 0 Å². The summed E-state index contributed by atoms with van der Waals surface area (Å²) in [6, 6.07) is 14.9. The van der Waals surface area contributed by atoms with Crippen LogP contribution in [0, 0.1) is 0 Å². The van der Waals surface area contributed by atoms with Crippen molar-refractivity contribution in [2.45, 2.75) is 45.8 Å². The number of anilines is 1. The summed E-state index contributed by atoms with van der Waals surface area (Å²) in [7, 11) is -3.81. The largest absolute Gasteiger partial charge is 0.352 e. The monoisotopic (exact) mass is 479 g/mol. The Labute approximate surface area is 195 Å². The van der Waals surface area contributed by atoms with E-state index in [9.17, 15) is 18.0 Å². The molecule has 0 aliphatic rings. The number of hydrogen-bond donors (Lipinski definition) is 1. The third kappa shape index (κ3) is 6.97. The highest BCUT2D eigenvalue weighted by Crippen LogP contribution is 2.27. The van der Waals surface area contributed by atoms with Crippen molar-refractivity contribution in [2.75, 3.05) is 17.1 Å². The Morgan fingerprint density at radius 1 is 1.03 bits per heavy atom. The van der Waals surface area contributed by atoms with Crippen molar-refractivity contribution in [2.24, 2.45) is 0 Å². The maximum Gasteiger partial charge on any atom is 0.244 e. The summed E-state index contributed by atoms with van der Waals surface area (Å²) in [5.74, 6) is -0.777. The lowest BCUT2D eigenvalue weighted by atomic mass is 10.1. The van der Waals surface area contributed by atoms with Gasteiger partial charge in [0.05, 0.1) is 17.0 Å². The maximum absolute atomic E-state index is 13.5. The van der Waals surface area contributed by atoms with Gasteiger partial charge in [0.1, 0.15) is 12.6 Å². The molecule has 0 bridgehead atoms. The van der Waals surface area contributed by atoms with E-state index in [-0.39, 0.29) is 29.2 Å². The average molecular weight is 480 g/mol. The molecule has 0 unspecified atom stereocenters. The molecule has 0 radical (unpaired) electrons. The highest BCUT2D eigenvalue weighted by atomic mass is 35.5. The fraction of sp³-hybridized carbons (Fsp3) is 0.391. The van der Waals surface area contributed by atoms with Gasteiger partial charge in [-0.15, -0.1) is 0 Å². The lowest BCUT2D eigenvalue weighted by Gasteiger charge is -2.33. The van der Waals surface area contributed by atoms with Crippen LogP contribution in [-0.2, 0) is 26.2 Å². The Kier molecular flexibility index (Phi) is 9.09. The summed E-state index contributed by atoms with van der Waals surface area (Å²) in [5, 5.41) is 3.07. The molecule has 0 fully saturated rings. The molecule has 0 heterocycles. The van der Waals surface area contributed by atoms with Crippen molar-refractivity contribution < 1.29 is 18.0 Å². The van der Waals surface area contributed by atoms with Gasteiger partial charge in [-0.25, -0.2) is 8.42 Å². The molecule has 0 saturated carbocycles. The van der Waals surface area contributed by atoms with Crippen molar-refractivity contribution in [1.82, 2.24) is 10.2 Å². The molecule has 7 nitrogen and oxygen atoms in total. The lowest BCUT2D eigenvalue weighted by molar-refractivity contribution is -0.140. The predicted molar refractivity (Wildman–Crippen MR) is 128 cm³/mol. The van der Waals surface area contributed by atoms with Crippen LogP contribution in [-0.4, -0.2) is 50.0 Å². The maximum atomic E-state index is 13.5. The SMILES string of the molecule is CC[C@@H](C(=O)NC(C)C)N(Cc1ccccc1)C(=O)CN(c1ccccc1Cl)S(C)(=O)=O. The Hall–Kier alpha value is -2.58. The van der Waals surface area contributed by atoms with E-state index in [1.54, 1.807) is 24.3 Å². The standard InChI is InChI=1S/C23H30ClN3O4S/c1-5-20(23(29)25-17(2)3)26(15-18-11-7-6-8-12-18)22(28)16-27(32(4,30)31)21-14-10-9-13-19(21)24/h6-14,17,20H,5,15-16H2,1-4H3,(H,25,29)/t20-/m0/s1. The topological polar surface area (TPSA) is 86.8 Å². The van der Waals surface area contributed by atoms with Crippen LogP contribution in [0.4, 0.5) is 5.69 Å². The van der Waals surface area contributed by atoms with E-state index in [1.165, 1.54) is 4.90 Å². The van der Waals surface area contributed by atoms with Gasteiger partial charge in [-0.3, -0.25) is 13.9 Å². The van der Waals surface area contributed by atoms with Gasteiger partial charge < -0.3 is 10.2 Å². The molecule has 2 aromatic carbocycles. The summed E-state index contributed by atoms with van der Waals surface area (Å²) >= 11 is 6.22. The second-order valence-electron chi connectivity index (χ2n) is 7.82. The first kappa shape index (κ1) is 25.7. The molecule has 2 aromatic rings. The second kappa shape index (κ2) is 11.3. The van der Waals surface area contributed by atoms with E-state index in [0.717, 1.165) is 16.1 Å². The summed E-state index contributed by atoms with van der Waals surface area (Å²) in [5.41, 5.74) is 1.05. The third-order valence-corrected chi connectivity index (χ3v) is 6.26. The number of rotatable bonds is 10. The van der Waals surface area contributed by atoms with E-state index in [2.05, 4.69) is 5.32 Å². The van der Waals surface area contributed by atoms with Crippen LogP contribution in [0.1, 0.15) is 32.8 Å². The van der Waals surface area contributed by atoms with Gasteiger partial charge in [0.15, 0.2) is 0 Å². The number of sulfonamides is 1. The molecule has 0 saturated heterocycles. The van der Waals surface area contributed by atoms with E-state index in [1.807, 2.05) is 51.1 Å². The number of carbonyl (C=O) groups is 2. The van der Waals surface area contributed by atoms with Gasteiger partial charge >= 0.3 is 0 Å². The molecule has 2 amide bonds. The van der Waals surface area contributed by atoms with Gasteiger partial charge in [-0.2, -0.15) is 0 Å². The number of para-hydroxylation sites is 1. The van der Waals surface area contributed by atoms with Crippen molar-refractivity contribution in [1.29, 1.82) is 0 Å². The van der Waals surface area contributed by atoms with E-state index in [4.69, 9.17) is 11.6 Å². The molecule has 2 rings (SSSR count). The zero-order chi connectivity index (χ0) is 23.9. The van der Waals surface area contributed by atoms with Gasteiger partial charge in [-0.1, -0.05) is 61.0 Å². The molecule has 0 spiro atoms. The molecule has 1 N–H and O–H groups in total. The zero-order valence-electron chi connectivity index (χ0n) is 18.8. The van der Waals surface area contributed by atoms with E-state index >= 15 is 0 Å². The molecule has 0 aromatic heterocycles.